The molecule has 0 aromatic heterocycles. The summed E-state index contributed by atoms with van der Waals surface area (Å²) in [7, 11) is 0. The second kappa shape index (κ2) is 5.71. The molecule has 1 fully saturated rings. The zero-order chi connectivity index (χ0) is 14.0. The molecule has 1 aliphatic rings. The minimum absolute atomic E-state index is 0.174. The molecule has 0 radical (unpaired) electrons. The standard InChI is InChI=1S/C13H13NO3S2/c1-8(9-5-3-2-4-6-9)14-12(17)10(7-11(15)16)19-13(14)18/h2-6,8,10H,7H2,1H3,(H,15,16). The molecule has 1 heterocycles. The van der Waals surface area contributed by atoms with E-state index in [0.717, 1.165) is 17.3 Å². The fourth-order valence-corrected chi connectivity index (χ4v) is 3.63. The van der Waals surface area contributed by atoms with Gasteiger partial charge in [-0.3, -0.25) is 14.5 Å². The molecule has 4 nitrogen and oxygen atoms in total. The molecule has 100 valence electrons. The van der Waals surface area contributed by atoms with E-state index in [1.165, 1.54) is 4.90 Å². The lowest BCUT2D eigenvalue weighted by Gasteiger charge is -2.24. The highest BCUT2D eigenvalue weighted by Crippen LogP contribution is 2.35. The van der Waals surface area contributed by atoms with Crippen molar-refractivity contribution in [3.05, 3.63) is 35.9 Å². The Kier molecular flexibility index (Phi) is 4.21. The van der Waals surface area contributed by atoms with Gasteiger partial charge in [-0.1, -0.05) is 54.3 Å². The maximum Gasteiger partial charge on any atom is 0.305 e. The Labute approximate surface area is 120 Å². The first-order chi connectivity index (χ1) is 9.00. The van der Waals surface area contributed by atoms with Gasteiger partial charge < -0.3 is 5.11 Å². The van der Waals surface area contributed by atoms with E-state index < -0.39 is 11.2 Å². The van der Waals surface area contributed by atoms with Crippen LogP contribution in [-0.2, 0) is 9.59 Å². The van der Waals surface area contributed by atoms with E-state index >= 15 is 0 Å². The summed E-state index contributed by atoms with van der Waals surface area (Å²) in [5, 5.41) is 8.19. The van der Waals surface area contributed by atoms with Gasteiger partial charge >= 0.3 is 5.97 Å². The number of thioether (sulfide) groups is 1. The highest BCUT2D eigenvalue weighted by Gasteiger charge is 2.40. The van der Waals surface area contributed by atoms with Crippen molar-refractivity contribution >= 4 is 40.2 Å². The molecule has 1 aromatic carbocycles. The summed E-state index contributed by atoms with van der Waals surface area (Å²) in [6.45, 7) is 1.89. The number of carboxylic acid groups (broad SMARTS) is 1. The van der Waals surface area contributed by atoms with Gasteiger partial charge in [0.05, 0.1) is 12.5 Å². The molecule has 1 saturated heterocycles. The number of benzene rings is 1. The zero-order valence-electron chi connectivity index (χ0n) is 10.3. The lowest BCUT2D eigenvalue weighted by molar-refractivity contribution is -0.139. The van der Waals surface area contributed by atoms with Crippen LogP contribution in [-0.4, -0.2) is 31.5 Å². The van der Waals surface area contributed by atoms with Crippen LogP contribution < -0.4 is 0 Å². The van der Waals surface area contributed by atoms with Crippen molar-refractivity contribution in [3.63, 3.8) is 0 Å². The predicted molar refractivity (Wildman–Crippen MR) is 77.9 cm³/mol. The fourth-order valence-electron chi connectivity index (χ4n) is 1.99. The number of carboxylic acids is 1. The van der Waals surface area contributed by atoms with Crippen LogP contribution in [0.2, 0.25) is 0 Å². The van der Waals surface area contributed by atoms with E-state index in [-0.39, 0.29) is 18.4 Å². The first kappa shape index (κ1) is 14.0. The largest absolute Gasteiger partial charge is 0.481 e. The van der Waals surface area contributed by atoms with Gasteiger partial charge in [-0.25, -0.2) is 0 Å². The molecule has 1 amide bonds. The molecule has 2 atom stereocenters. The van der Waals surface area contributed by atoms with Crippen molar-refractivity contribution in [1.29, 1.82) is 0 Å². The third-order valence-corrected chi connectivity index (χ3v) is 4.52. The molecule has 2 rings (SSSR count). The summed E-state index contributed by atoms with van der Waals surface area (Å²) < 4.78 is 0.451. The molecule has 1 N–H and O–H groups in total. The molecule has 6 heteroatoms. The van der Waals surface area contributed by atoms with E-state index in [4.69, 9.17) is 17.3 Å². The van der Waals surface area contributed by atoms with E-state index in [1.807, 2.05) is 37.3 Å². The monoisotopic (exact) mass is 295 g/mol. The summed E-state index contributed by atoms with van der Waals surface area (Å²) in [6, 6.07) is 9.38. The number of hydrogen-bond donors (Lipinski definition) is 1. The van der Waals surface area contributed by atoms with Crippen LogP contribution in [0.4, 0.5) is 0 Å². The van der Waals surface area contributed by atoms with Crippen LogP contribution in [0.1, 0.15) is 24.9 Å². The van der Waals surface area contributed by atoms with Gasteiger partial charge in [-0.05, 0) is 12.5 Å². The first-order valence-electron chi connectivity index (χ1n) is 5.81. The Hall–Kier alpha value is -1.40. The molecular weight excluding hydrogens is 282 g/mol. The third kappa shape index (κ3) is 2.96. The van der Waals surface area contributed by atoms with Gasteiger partial charge in [0.1, 0.15) is 9.57 Å². The summed E-state index contributed by atoms with van der Waals surface area (Å²) in [5.41, 5.74) is 0.981. The molecule has 1 aliphatic heterocycles. The predicted octanol–water partition coefficient (Wildman–Crippen LogP) is 2.45. The summed E-state index contributed by atoms with van der Waals surface area (Å²) >= 11 is 6.36. The molecular formula is C13H13NO3S2. The number of rotatable bonds is 4. The number of thiocarbonyl (C=S) groups is 1. The lowest BCUT2D eigenvalue weighted by atomic mass is 10.1. The van der Waals surface area contributed by atoms with E-state index in [0.29, 0.717) is 4.32 Å². The third-order valence-electron chi connectivity index (χ3n) is 2.98. The van der Waals surface area contributed by atoms with E-state index in [2.05, 4.69) is 0 Å². The van der Waals surface area contributed by atoms with E-state index in [9.17, 15) is 9.59 Å². The highest BCUT2D eigenvalue weighted by atomic mass is 32.2. The first-order valence-corrected chi connectivity index (χ1v) is 7.10. The summed E-state index contributed by atoms with van der Waals surface area (Å²) in [4.78, 5) is 24.5. The minimum Gasteiger partial charge on any atom is -0.481 e. The van der Waals surface area contributed by atoms with Crippen molar-refractivity contribution in [2.24, 2.45) is 0 Å². The van der Waals surface area contributed by atoms with Crippen molar-refractivity contribution in [1.82, 2.24) is 4.90 Å². The maximum absolute atomic E-state index is 12.2. The average molecular weight is 295 g/mol. The molecule has 2 unspecified atom stereocenters. The number of amides is 1. The second-order valence-corrected chi connectivity index (χ2v) is 6.10. The number of carbonyl (C=O) groups is 2. The Morgan fingerprint density at radius 2 is 2.11 bits per heavy atom. The van der Waals surface area contributed by atoms with Crippen LogP contribution in [0.5, 0.6) is 0 Å². The summed E-state index contributed by atoms with van der Waals surface area (Å²) in [6.07, 6.45) is -0.193. The molecule has 0 aliphatic carbocycles. The topological polar surface area (TPSA) is 57.6 Å². The Balaban J connectivity index is 2.19. The lowest BCUT2D eigenvalue weighted by Crippen LogP contribution is -2.34. The van der Waals surface area contributed by atoms with Gasteiger partial charge in [0.15, 0.2) is 0 Å². The van der Waals surface area contributed by atoms with E-state index in [1.54, 1.807) is 0 Å². The fraction of sp³-hybridized carbons (Fsp3) is 0.308. The van der Waals surface area contributed by atoms with Gasteiger partial charge in [-0.2, -0.15) is 0 Å². The van der Waals surface area contributed by atoms with Crippen LogP contribution >= 0.6 is 24.0 Å². The van der Waals surface area contributed by atoms with Crippen molar-refractivity contribution in [2.45, 2.75) is 24.6 Å². The van der Waals surface area contributed by atoms with Gasteiger partial charge in [0, 0.05) is 0 Å². The van der Waals surface area contributed by atoms with Crippen LogP contribution in [0.15, 0.2) is 30.3 Å². The van der Waals surface area contributed by atoms with Gasteiger partial charge in [-0.15, -0.1) is 0 Å². The molecule has 1 aromatic rings. The number of aliphatic carboxylic acids is 1. The SMILES string of the molecule is CC(c1ccccc1)N1C(=O)C(CC(=O)O)SC1=S. The molecule has 0 saturated carbocycles. The number of hydrogen-bond acceptors (Lipinski definition) is 4. The van der Waals surface area contributed by atoms with Crippen molar-refractivity contribution in [3.8, 4) is 0 Å². The van der Waals surface area contributed by atoms with Crippen molar-refractivity contribution in [2.75, 3.05) is 0 Å². The maximum atomic E-state index is 12.2. The van der Waals surface area contributed by atoms with Crippen LogP contribution in [0, 0.1) is 0 Å². The minimum atomic E-state index is -0.983. The normalized spacial score (nSPS) is 20.7. The highest BCUT2D eigenvalue weighted by molar-refractivity contribution is 8.24. The molecule has 19 heavy (non-hydrogen) atoms. The molecule has 0 spiro atoms. The van der Waals surface area contributed by atoms with Gasteiger partial charge in [0.25, 0.3) is 0 Å². The van der Waals surface area contributed by atoms with Crippen LogP contribution in [0.25, 0.3) is 0 Å². The molecule has 0 bridgehead atoms. The van der Waals surface area contributed by atoms with Crippen LogP contribution in [0.3, 0.4) is 0 Å². The number of nitrogens with zero attached hydrogens (tertiary/aromatic N) is 1. The Morgan fingerprint density at radius 3 is 2.68 bits per heavy atom. The average Bonchev–Trinajstić information content (AvgIpc) is 2.64. The second-order valence-electron chi connectivity index (χ2n) is 4.27. The number of carbonyl (C=O) groups excluding carboxylic acids is 1. The summed E-state index contributed by atoms with van der Waals surface area (Å²) in [5.74, 6) is -1.20. The Morgan fingerprint density at radius 1 is 1.47 bits per heavy atom. The Bertz CT molecular complexity index is 518. The quantitative estimate of drug-likeness (QED) is 0.865. The van der Waals surface area contributed by atoms with Crippen molar-refractivity contribution < 1.29 is 14.7 Å². The van der Waals surface area contributed by atoms with Gasteiger partial charge in [0.2, 0.25) is 5.91 Å². The zero-order valence-corrected chi connectivity index (χ0v) is 11.9. The smallest absolute Gasteiger partial charge is 0.305 e.